The Balaban J connectivity index is 0.000000261. The number of rotatable bonds is 1. The van der Waals surface area contributed by atoms with Gasteiger partial charge in [-0.1, -0.05) is 0 Å². The Labute approximate surface area is 73.9 Å². The van der Waals surface area contributed by atoms with E-state index in [1.54, 1.807) is 0 Å². The van der Waals surface area contributed by atoms with Crippen LogP contribution in [0.15, 0.2) is 18.7 Å². The van der Waals surface area contributed by atoms with Crippen LogP contribution in [-0.2, 0) is 13.6 Å². The van der Waals surface area contributed by atoms with E-state index in [0.29, 0.717) is 0 Å². The first-order valence-corrected chi connectivity index (χ1v) is 4.23. The van der Waals surface area contributed by atoms with E-state index >= 15 is 0 Å². The second-order valence-corrected chi connectivity index (χ2v) is 2.48. The van der Waals surface area contributed by atoms with E-state index in [0.717, 1.165) is 6.54 Å². The lowest BCUT2D eigenvalue weighted by Gasteiger charge is -1.89. The topological polar surface area (TPSA) is 78.0 Å². The van der Waals surface area contributed by atoms with Crippen molar-refractivity contribution in [2.75, 3.05) is 0 Å². The van der Waals surface area contributed by atoms with Crippen molar-refractivity contribution in [1.29, 1.82) is 0 Å². The van der Waals surface area contributed by atoms with Gasteiger partial charge in [0.25, 0.3) is 0 Å². The maximum atomic E-state index is 8.41. The zero-order valence-corrected chi connectivity index (χ0v) is 7.69. The Bertz CT molecular complexity index is 212. The number of hydrogen-bond donors (Lipinski definition) is 0. The van der Waals surface area contributed by atoms with Crippen LogP contribution in [0.1, 0.15) is 6.92 Å². The molecule has 1 heterocycles. The van der Waals surface area contributed by atoms with Crippen LogP contribution in [0.25, 0.3) is 0 Å². The number of aromatic nitrogens is 2. The van der Waals surface area contributed by atoms with Gasteiger partial charge in [0.1, 0.15) is 12.4 Å². The first kappa shape index (κ1) is 11.4. The molecule has 0 saturated heterocycles. The van der Waals surface area contributed by atoms with Gasteiger partial charge in [0.05, 0.1) is 24.4 Å². The smallest absolute Gasteiger partial charge is 0.243 e. The van der Waals surface area contributed by atoms with Crippen molar-refractivity contribution in [3.63, 3.8) is 0 Å². The number of hydrogen-bond acceptors (Lipinski definition) is 3. The van der Waals surface area contributed by atoms with Crippen LogP contribution >= 0.6 is 0 Å². The minimum Gasteiger partial charge on any atom is -0.357 e. The normalized spacial score (nSPS) is 9.50. The summed E-state index contributed by atoms with van der Waals surface area (Å²) in [5.41, 5.74) is 0. The van der Waals surface area contributed by atoms with Gasteiger partial charge in [-0.05, 0) is 6.92 Å². The van der Waals surface area contributed by atoms with Crippen molar-refractivity contribution in [2.45, 2.75) is 13.5 Å². The molecule has 0 fully saturated rings. The molecule has 0 aliphatic rings. The van der Waals surface area contributed by atoms with Crippen molar-refractivity contribution in [3.05, 3.63) is 18.7 Å². The van der Waals surface area contributed by atoms with Crippen LogP contribution in [0.3, 0.4) is 0 Å². The van der Waals surface area contributed by atoms with E-state index in [1.165, 1.54) is 0 Å². The molecule has 6 heteroatoms. The molecule has 0 N–H and O–H groups in total. The van der Waals surface area contributed by atoms with Crippen molar-refractivity contribution >= 4 is 0 Å². The van der Waals surface area contributed by atoms with Crippen LogP contribution in [0.5, 0.6) is 0 Å². The summed E-state index contributed by atoms with van der Waals surface area (Å²) in [5, 5.41) is 0. The van der Waals surface area contributed by atoms with Gasteiger partial charge in [0.15, 0.2) is 0 Å². The van der Waals surface area contributed by atoms with E-state index in [1.807, 2.05) is 17.8 Å². The predicted molar refractivity (Wildman–Crippen MR) is 31.3 cm³/mol. The zero-order valence-electron chi connectivity index (χ0n) is 6.94. The molecule has 0 spiro atoms. The third-order valence-corrected chi connectivity index (χ3v) is 1.19. The summed E-state index contributed by atoms with van der Waals surface area (Å²) in [6.07, 6.45) is 6.14. The van der Waals surface area contributed by atoms with Gasteiger partial charge < -0.3 is 14.0 Å². The molecular weight excluding hydrogens is 184 g/mol. The van der Waals surface area contributed by atoms with Crippen molar-refractivity contribution in [2.24, 2.45) is 7.05 Å². The first-order chi connectivity index (χ1) is 5.56. The van der Waals surface area contributed by atoms with Gasteiger partial charge in [-0.3, -0.25) is 0 Å². The summed E-state index contributed by atoms with van der Waals surface area (Å²) in [6.45, 7) is 3.18. The Hall–Kier alpha value is -0.620. The molecule has 0 bridgehead atoms. The predicted octanol–water partition coefficient (Wildman–Crippen LogP) is -3.23. The van der Waals surface area contributed by atoms with E-state index in [-0.39, 0.29) is 0 Å². The summed E-state index contributed by atoms with van der Waals surface area (Å²) < 4.78 is 29.4. The summed E-state index contributed by atoms with van der Waals surface area (Å²) in [4.78, 5) is 0. The van der Waals surface area contributed by atoms with Gasteiger partial charge in [-0.25, -0.2) is 9.13 Å². The molecule has 0 aromatic carbocycles. The highest BCUT2D eigenvalue weighted by Gasteiger charge is 1.92. The lowest BCUT2D eigenvalue weighted by Crippen LogP contribution is -2.42. The molecule has 0 amide bonds. The van der Waals surface area contributed by atoms with Gasteiger partial charge in [0.2, 0.25) is 6.33 Å². The molecule has 1 aromatic rings. The van der Waals surface area contributed by atoms with E-state index in [2.05, 4.69) is 24.0 Å². The molecule has 0 aliphatic carbocycles. The lowest BCUT2D eigenvalue weighted by atomic mass is 10.7. The average molecular weight is 195 g/mol. The fourth-order valence-electron chi connectivity index (χ4n) is 0.689. The second-order valence-electron chi connectivity index (χ2n) is 2.10. The molecule has 1 aromatic heterocycles. The number of imidazole rings is 1. The van der Waals surface area contributed by atoms with Crippen molar-refractivity contribution in [3.8, 4) is 0 Å². The standard InChI is InChI=1S/C6H11N2.ClO3/c1-3-8-5-4-7(2)6-8;2-1(3)4/h4-6H,3H2,1-2H3;/q+1;-1. The molecule has 0 saturated carbocycles. The molecule has 0 radical (unpaired) electrons. The van der Waals surface area contributed by atoms with Gasteiger partial charge >= 0.3 is 0 Å². The molecule has 12 heavy (non-hydrogen) atoms. The molecule has 0 unspecified atom stereocenters. The quantitative estimate of drug-likeness (QED) is 0.441. The van der Waals surface area contributed by atoms with Crippen molar-refractivity contribution in [1.82, 2.24) is 4.57 Å². The van der Waals surface area contributed by atoms with Gasteiger partial charge in [0, 0.05) is 0 Å². The minimum absolute atomic E-state index is 1.06. The SMILES string of the molecule is CCn1cc[n+](C)c1.[O-][Cl+2]([O-])[O-]. The highest BCUT2D eigenvalue weighted by molar-refractivity contribution is 4.63. The van der Waals surface area contributed by atoms with Crippen LogP contribution in [-0.4, -0.2) is 4.57 Å². The Kier molecular flexibility index (Phi) is 5.65. The van der Waals surface area contributed by atoms with Crippen LogP contribution in [0, 0.1) is 10.8 Å². The molecule has 0 aliphatic heterocycles. The Morgan fingerprint density at radius 1 is 1.42 bits per heavy atom. The summed E-state index contributed by atoms with van der Waals surface area (Å²) in [5.74, 6) is 0. The van der Waals surface area contributed by atoms with Crippen molar-refractivity contribution < 1.29 is 29.3 Å². The van der Waals surface area contributed by atoms with Crippen LogP contribution < -0.4 is 18.5 Å². The molecule has 0 atom stereocenters. The highest BCUT2D eigenvalue weighted by atomic mass is 35.6. The third-order valence-electron chi connectivity index (χ3n) is 1.19. The second kappa shape index (κ2) is 5.96. The van der Waals surface area contributed by atoms with E-state index in [4.69, 9.17) is 14.0 Å². The minimum atomic E-state index is -2.85. The van der Waals surface area contributed by atoms with Gasteiger partial charge in [-0.15, -0.1) is 0 Å². The summed E-state index contributed by atoms with van der Waals surface area (Å²) in [6, 6.07) is 0. The maximum Gasteiger partial charge on any atom is 0.243 e. The molecular formula is C6H11ClN2O3. The van der Waals surface area contributed by atoms with E-state index < -0.39 is 10.8 Å². The van der Waals surface area contributed by atoms with Gasteiger partial charge in [-0.2, -0.15) is 0 Å². The summed E-state index contributed by atoms with van der Waals surface area (Å²) >= 11 is 0. The fraction of sp³-hybridized carbons (Fsp3) is 0.500. The number of nitrogens with zero attached hydrogens (tertiary/aromatic N) is 2. The summed E-state index contributed by atoms with van der Waals surface area (Å²) in [7, 11) is -0.832. The lowest BCUT2D eigenvalue weighted by molar-refractivity contribution is -1.73. The van der Waals surface area contributed by atoms with E-state index in [9.17, 15) is 0 Å². The molecule has 70 valence electrons. The Morgan fingerprint density at radius 2 is 1.92 bits per heavy atom. The van der Waals surface area contributed by atoms with Crippen LogP contribution in [0.2, 0.25) is 0 Å². The largest absolute Gasteiger partial charge is 0.357 e. The molecule has 1 rings (SSSR count). The number of halogens is 1. The fourth-order valence-corrected chi connectivity index (χ4v) is 0.689. The maximum absolute atomic E-state index is 8.41. The number of aryl methyl sites for hydroxylation is 2. The Morgan fingerprint density at radius 3 is 2.08 bits per heavy atom. The highest BCUT2D eigenvalue weighted by Crippen LogP contribution is 1.79. The molecule has 5 nitrogen and oxygen atoms in total. The monoisotopic (exact) mass is 194 g/mol. The first-order valence-electron chi connectivity index (χ1n) is 3.30. The van der Waals surface area contributed by atoms with Crippen LogP contribution in [0.4, 0.5) is 0 Å². The third kappa shape index (κ3) is 6.11. The average Bonchev–Trinajstić information content (AvgIpc) is 2.34. The zero-order chi connectivity index (χ0) is 9.56.